The Balaban J connectivity index is 1.90. The van der Waals surface area contributed by atoms with Gasteiger partial charge in [0, 0.05) is 19.1 Å². The number of carbonyl (C=O) groups excluding carboxylic acids is 1. The maximum atomic E-state index is 12.4. The Kier molecular flexibility index (Phi) is 4.40. The van der Waals surface area contributed by atoms with E-state index in [1.54, 1.807) is 0 Å². The molecular formula is C13H24N2O2. The molecule has 1 aliphatic carbocycles. The molecule has 1 heterocycles. The summed E-state index contributed by atoms with van der Waals surface area (Å²) >= 11 is 0. The van der Waals surface area contributed by atoms with Gasteiger partial charge in [-0.2, -0.15) is 0 Å². The second kappa shape index (κ2) is 5.83. The van der Waals surface area contributed by atoms with Crippen molar-refractivity contribution in [3.05, 3.63) is 0 Å². The minimum atomic E-state index is 0.0139. The summed E-state index contributed by atoms with van der Waals surface area (Å²) in [5.74, 6) is 1.03. The van der Waals surface area contributed by atoms with Gasteiger partial charge >= 0.3 is 0 Å². The van der Waals surface area contributed by atoms with Crippen LogP contribution in [0.15, 0.2) is 0 Å². The molecule has 0 aromatic rings. The number of likely N-dealkylation sites (N-methyl/N-ethyl adjacent to an activating group) is 1. The Bertz CT molecular complexity index is 266. The van der Waals surface area contributed by atoms with Gasteiger partial charge in [-0.3, -0.25) is 4.79 Å². The number of carbonyl (C=O) groups is 1. The molecule has 4 heteroatoms. The van der Waals surface area contributed by atoms with Crippen LogP contribution >= 0.6 is 0 Å². The van der Waals surface area contributed by atoms with Crippen LogP contribution in [0.4, 0.5) is 0 Å². The summed E-state index contributed by atoms with van der Waals surface area (Å²) in [6.07, 6.45) is 3.92. The molecular weight excluding hydrogens is 216 g/mol. The first-order valence-corrected chi connectivity index (χ1v) is 6.80. The van der Waals surface area contributed by atoms with Crippen LogP contribution in [0.2, 0.25) is 0 Å². The smallest absolute Gasteiger partial charge is 0.229 e. The number of nitrogens with one attached hydrogen (secondary N) is 1. The zero-order chi connectivity index (χ0) is 12.3. The molecule has 98 valence electrons. The summed E-state index contributed by atoms with van der Waals surface area (Å²) < 4.78 is 5.41. The summed E-state index contributed by atoms with van der Waals surface area (Å²) in [5.41, 5.74) is 0. The zero-order valence-corrected chi connectivity index (χ0v) is 10.9. The van der Waals surface area contributed by atoms with E-state index in [0.717, 1.165) is 19.0 Å². The maximum absolute atomic E-state index is 12.4. The number of nitrogens with zero attached hydrogens (tertiary/aromatic N) is 1. The van der Waals surface area contributed by atoms with Crippen LogP contribution in [0.3, 0.4) is 0 Å². The molecule has 2 atom stereocenters. The number of rotatable bonds is 5. The summed E-state index contributed by atoms with van der Waals surface area (Å²) in [4.78, 5) is 14.4. The van der Waals surface area contributed by atoms with Crippen molar-refractivity contribution in [2.45, 2.75) is 32.2 Å². The van der Waals surface area contributed by atoms with E-state index in [2.05, 4.69) is 12.2 Å². The Morgan fingerprint density at radius 2 is 2.18 bits per heavy atom. The molecule has 2 unspecified atom stereocenters. The second-order valence-corrected chi connectivity index (χ2v) is 5.21. The van der Waals surface area contributed by atoms with E-state index < -0.39 is 0 Å². The maximum Gasteiger partial charge on any atom is 0.229 e. The fourth-order valence-corrected chi connectivity index (χ4v) is 2.68. The predicted octanol–water partition coefficient (Wildman–Crippen LogP) is 0.869. The molecule has 2 rings (SSSR count). The van der Waals surface area contributed by atoms with Crippen LogP contribution in [-0.4, -0.2) is 50.2 Å². The van der Waals surface area contributed by atoms with Crippen molar-refractivity contribution in [2.75, 3.05) is 33.4 Å². The molecule has 0 spiro atoms. The highest BCUT2D eigenvalue weighted by Gasteiger charge is 2.36. The van der Waals surface area contributed by atoms with E-state index in [-0.39, 0.29) is 17.9 Å². The standard InChI is InChI=1S/C13H24N2O2/c1-3-15(7-10-5-4-6-10)13(16)11-8-17-9-12(11)14-2/h10-12,14H,3-9H2,1-2H3. The Morgan fingerprint density at radius 1 is 1.41 bits per heavy atom. The topological polar surface area (TPSA) is 41.6 Å². The average molecular weight is 240 g/mol. The lowest BCUT2D eigenvalue weighted by molar-refractivity contribution is -0.136. The number of hydrogen-bond acceptors (Lipinski definition) is 3. The van der Waals surface area contributed by atoms with Crippen LogP contribution in [0.5, 0.6) is 0 Å². The van der Waals surface area contributed by atoms with E-state index in [9.17, 15) is 4.79 Å². The lowest BCUT2D eigenvalue weighted by Gasteiger charge is -2.33. The molecule has 1 aliphatic heterocycles. The van der Waals surface area contributed by atoms with Gasteiger partial charge in [-0.1, -0.05) is 6.42 Å². The van der Waals surface area contributed by atoms with Gasteiger partial charge in [0.1, 0.15) is 0 Å². The largest absolute Gasteiger partial charge is 0.379 e. The van der Waals surface area contributed by atoms with E-state index in [0.29, 0.717) is 13.2 Å². The van der Waals surface area contributed by atoms with Crippen LogP contribution in [-0.2, 0) is 9.53 Å². The third-order valence-corrected chi connectivity index (χ3v) is 4.17. The molecule has 4 nitrogen and oxygen atoms in total. The highest BCUT2D eigenvalue weighted by atomic mass is 16.5. The highest BCUT2D eigenvalue weighted by Crippen LogP contribution is 2.28. The zero-order valence-electron chi connectivity index (χ0n) is 10.9. The second-order valence-electron chi connectivity index (χ2n) is 5.21. The molecule has 1 saturated heterocycles. The molecule has 0 bridgehead atoms. The molecule has 0 aromatic carbocycles. The first kappa shape index (κ1) is 12.8. The first-order valence-electron chi connectivity index (χ1n) is 6.80. The van der Waals surface area contributed by atoms with Crippen molar-refractivity contribution in [3.8, 4) is 0 Å². The van der Waals surface area contributed by atoms with Gasteiger partial charge in [0.05, 0.1) is 19.1 Å². The normalized spacial score (nSPS) is 29.1. The van der Waals surface area contributed by atoms with Crippen molar-refractivity contribution in [2.24, 2.45) is 11.8 Å². The molecule has 1 saturated carbocycles. The van der Waals surface area contributed by atoms with E-state index in [1.165, 1.54) is 19.3 Å². The Hall–Kier alpha value is -0.610. The van der Waals surface area contributed by atoms with E-state index in [1.807, 2.05) is 11.9 Å². The quantitative estimate of drug-likeness (QED) is 0.775. The summed E-state index contributed by atoms with van der Waals surface area (Å²) in [5, 5.41) is 3.18. The summed E-state index contributed by atoms with van der Waals surface area (Å²) in [7, 11) is 1.90. The lowest BCUT2D eigenvalue weighted by atomic mass is 9.85. The SMILES string of the molecule is CCN(CC1CCC1)C(=O)C1COCC1NC. The molecule has 0 radical (unpaired) electrons. The van der Waals surface area contributed by atoms with Gasteiger partial charge < -0.3 is 15.0 Å². The molecule has 1 N–H and O–H groups in total. The van der Waals surface area contributed by atoms with E-state index in [4.69, 9.17) is 4.74 Å². The average Bonchev–Trinajstić information content (AvgIpc) is 2.75. The van der Waals surface area contributed by atoms with Gasteiger partial charge in [-0.25, -0.2) is 0 Å². The van der Waals surface area contributed by atoms with Crippen molar-refractivity contribution in [3.63, 3.8) is 0 Å². The van der Waals surface area contributed by atoms with Gasteiger partial charge in [-0.05, 0) is 32.7 Å². The van der Waals surface area contributed by atoms with Gasteiger partial charge in [0.25, 0.3) is 0 Å². The van der Waals surface area contributed by atoms with E-state index >= 15 is 0 Å². The van der Waals surface area contributed by atoms with Crippen molar-refractivity contribution < 1.29 is 9.53 Å². The molecule has 2 fully saturated rings. The van der Waals surface area contributed by atoms with Crippen LogP contribution < -0.4 is 5.32 Å². The molecule has 2 aliphatic rings. The van der Waals surface area contributed by atoms with Gasteiger partial charge in [-0.15, -0.1) is 0 Å². The number of amides is 1. The highest BCUT2D eigenvalue weighted by molar-refractivity contribution is 5.80. The molecule has 0 aromatic heterocycles. The van der Waals surface area contributed by atoms with Crippen molar-refractivity contribution >= 4 is 5.91 Å². The lowest BCUT2D eigenvalue weighted by Crippen LogP contribution is -2.46. The van der Waals surface area contributed by atoms with Crippen molar-refractivity contribution in [1.29, 1.82) is 0 Å². The Morgan fingerprint density at radius 3 is 2.71 bits per heavy atom. The van der Waals surface area contributed by atoms with Crippen LogP contribution in [0, 0.1) is 11.8 Å². The Labute approximate surface area is 104 Å². The predicted molar refractivity (Wildman–Crippen MR) is 66.8 cm³/mol. The summed E-state index contributed by atoms with van der Waals surface area (Å²) in [6, 6.07) is 0.193. The minimum absolute atomic E-state index is 0.0139. The fourth-order valence-electron chi connectivity index (χ4n) is 2.68. The monoisotopic (exact) mass is 240 g/mol. The fraction of sp³-hybridized carbons (Fsp3) is 0.923. The molecule has 1 amide bonds. The minimum Gasteiger partial charge on any atom is -0.379 e. The third kappa shape index (κ3) is 2.80. The summed E-state index contributed by atoms with van der Waals surface area (Å²) in [6.45, 7) is 5.07. The number of hydrogen-bond donors (Lipinski definition) is 1. The van der Waals surface area contributed by atoms with Crippen LogP contribution in [0.25, 0.3) is 0 Å². The van der Waals surface area contributed by atoms with Crippen molar-refractivity contribution in [1.82, 2.24) is 10.2 Å². The molecule has 17 heavy (non-hydrogen) atoms. The van der Waals surface area contributed by atoms with Gasteiger partial charge in [0.2, 0.25) is 5.91 Å². The first-order chi connectivity index (χ1) is 8.26. The van der Waals surface area contributed by atoms with Crippen LogP contribution in [0.1, 0.15) is 26.2 Å². The third-order valence-electron chi connectivity index (χ3n) is 4.17. The number of ether oxygens (including phenoxy) is 1. The van der Waals surface area contributed by atoms with Gasteiger partial charge in [0.15, 0.2) is 0 Å².